The van der Waals surface area contributed by atoms with Gasteiger partial charge in [-0.3, -0.25) is 14.6 Å². The summed E-state index contributed by atoms with van der Waals surface area (Å²) in [5, 5.41) is 9.74. The lowest BCUT2D eigenvalue weighted by Crippen LogP contribution is -2.17. The van der Waals surface area contributed by atoms with E-state index in [1.807, 2.05) is 6.07 Å². The van der Waals surface area contributed by atoms with E-state index >= 15 is 0 Å². The maximum absolute atomic E-state index is 12.9. The Morgan fingerprint density at radius 3 is 2.51 bits per heavy atom. The summed E-state index contributed by atoms with van der Waals surface area (Å²) < 4.78 is 39.2. The predicted molar refractivity (Wildman–Crippen MR) is 129 cm³/mol. The molecule has 0 spiro atoms. The molecule has 0 saturated heterocycles. The topological polar surface area (TPSA) is 135 Å². The number of carbonyl (C=O) groups excluding carboxylic acids is 1. The zero-order valence-corrected chi connectivity index (χ0v) is 19.4. The van der Waals surface area contributed by atoms with Gasteiger partial charge in [0.15, 0.2) is 17.3 Å². The Labute approximate surface area is 201 Å². The SMILES string of the molecule is Cc1nc(-c2cccc(NC(=O)c3cccc(NS(=O)(=O)c4ccc5c(c4)OCCO5)c3)c2)n[nH]1. The highest BCUT2D eigenvalue weighted by Crippen LogP contribution is 2.32. The largest absolute Gasteiger partial charge is 0.486 e. The fourth-order valence-corrected chi connectivity index (χ4v) is 4.60. The lowest BCUT2D eigenvalue weighted by atomic mass is 10.1. The number of benzene rings is 3. The van der Waals surface area contributed by atoms with E-state index in [-0.39, 0.29) is 16.1 Å². The normalized spacial score (nSPS) is 12.7. The number of anilines is 2. The van der Waals surface area contributed by atoms with Crippen LogP contribution in [0.15, 0.2) is 71.6 Å². The average Bonchev–Trinajstić information content (AvgIpc) is 3.30. The van der Waals surface area contributed by atoms with E-state index in [1.165, 1.54) is 18.2 Å². The van der Waals surface area contributed by atoms with E-state index in [4.69, 9.17) is 9.47 Å². The first-order valence-corrected chi connectivity index (χ1v) is 12.2. The van der Waals surface area contributed by atoms with Gasteiger partial charge in [-0.25, -0.2) is 13.4 Å². The smallest absolute Gasteiger partial charge is 0.262 e. The molecule has 5 rings (SSSR count). The lowest BCUT2D eigenvalue weighted by Gasteiger charge is -2.19. The first kappa shape index (κ1) is 22.4. The summed E-state index contributed by atoms with van der Waals surface area (Å²) in [5.74, 6) is 1.68. The van der Waals surface area contributed by atoms with Crippen molar-refractivity contribution in [2.75, 3.05) is 23.3 Å². The minimum Gasteiger partial charge on any atom is -0.486 e. The van der Waals surface area contributed by atoms with Crippen molar-refractivity contribution >= 4 is 27.3 Å². The van der Waals surface area contributed by atoms with E-state index in [0.29, 0.717) is 42.0 Å². The molecule has 1 aliphatic heterocycles. The van der Waals surface area contributed by atoms with Crippen LogP contribution in [0.4, 0.5) is 11.4 Å². The predicted octanol–water partition coefficient (Wildman–Crippen LogP) is 3.60. The number of amides is 1. The molecule has 0 aliphatic carbocycles. The van der Waals surface area contributed by atoms with Crippen LogP contribution < -0.4 is 19.5 Å². The molecular weight excluding hydrogens is 470 g/mol. The molecule has 0 bridgehead atoms. The second-order valence-electron chi connectivity index (χ2n) is 7.77. The molecule has 4 aromatic rings. The van der Waals surface area contributed by atoms with Crippen LogP contribution in [0.25, 0.3) is 11.4 Å². The van der Waals surface area contributed by atoms with E-state index in [2.05, 4.69) is 25.2 Å². The van der Waals surface area contributed by atoms with Gasteiger partial charge in [0.1, 0.15) is 19.0 Å². The van der Waals surface area contributed by atoms with Crippen LogP contribution in [-0.2, 0) is 10.0 Å². The lowest BCUT2D eigenvalue weighted by molar-refractivity contribution is 0.102. The maximum Gasteiger partial charge on any atom is 0.262 e. The zero-order valence-electron chi connectivity index (χ0n) is 18.6. The summed E-state index contributed by atoms with van der Waals surface area (Å²) in [5.41, 5.74) is 1.83. The highest BCUT2D eigenvalue weighted by atomic mass is 32.2. The highest BCUT2D eigenvalue weighted by molar-refractivity contribution is 7.92. The van der Waals surface area contributed by atoms with Crippen molar-refractivity contribution < 1.29 is 22.7 Å². The van der Waals surface area contributed by atoms with Crippen LogP contribution in [0.2, 0.25) is 0 Å². The molecule has 3 aromatic carbocycles. The van der Waals surface area contributed by atoms with Crippen LogP contribution in [0.5, 0.6) is 11.5 Å². The molecule has 0 fully saturated rings. The summed E-state index contributed by atoms with van der Waals surface area (Å²) >= 11 is 0. The van der Waals surface area contributed by atoms with Gasteiger partial charge in [0.05, 0.1) is 4.90 Å². The maximum atomic E-state index is 12.9. The van der Waals surface area contributed by atoms with E-state index in [9.17, 15) is 13.2 Å². The molecule has 1 aromatic heterocycles. The summed E-state index contributed by atoms with van der Waals surface area (Å²) in [4.78, 5) is 17.2. The minimum atomic E-state index is -3.92. The fourth-order valence-electron chi connectivity index (χ4n) is 3.54. The first-order valence-electron chi connectivity index (χ1n) is 10.7. The van der Waals surface area contributed by atoms with Gasteiger partial charge in [0, 0.05) is 28.6 Å². The van der Waals surface area contributed by atoms with Crippen molar-refractivity contribution in [1.82, 2.24) is 15.2 Å². The number of nitrogens with one attached hydrogen (secondary N) is 3. The number of aromatic amines is 1. The second kappa shape index (κ2) is 9.11. The van der Waals surface area contributed by atoms with Gasteiger partial charge in [0.25, 0.3) is 15.9 Å². The van der Waals surface area contributed by atoms with E-state index < -0.39 is 15.9 Å². The molecule has 10 nitrogen and oxygen atoms in total. The summed E-state index contributed by atoms with van der Waals surface area (Å²) in [6.45, 7) is 2.56. The standard InChI is InChI=1S/C24H21N5O5S/c1-15-25-23(28-27-15)16-4-2-6-18(12-16)26-24(30)17-5-3-7-19(13-17)29-35(31,32)20-8-9-21-22(14-20)34-11-10-33-21/h2-9,12-14,29H,10-11H2,1H3,(H,26,30)(H,25,27,28). The van der Waals surface area contributed by atoms with Gasteiger partial charge in [0.2, 0.25) is 0 Å². The van der Waals surface area contributed by atoms with E-state index in [1.54, 1.807) is 49.4 Å². The first-order chi connectivity index (χ1) is 16.9. The third-order valence-corrected chi connectivity index (χ3v) is 6.56. The molecule has 0 radical (unpaired) electrons. The number of fused-ring (bicyclic) bond motifs is 1. The molecule has 3 N–H and O–H groups in total. The van der Waals surface area contributed by atoms with Gasteiger partial charge >= 0.3 is 0 Å². The van der Waals surface area contributed by atoms with Crippen molar-refractivity contribution in [2.45, 2.75) is 11.8 Å². The Kier molecular flexibility index (Phi) is 5.83. The number of carbonyl (C=O) groups is 1. The molecule has 2 heterocycles. The Morgan fingerprint density at radius 2 is 1.71 bits per heavy atom. The Bertz CT molecular complexity index is 1520. The fraction of sp³-hybridized carbons (Fsp3) is 0.125. The third kappa shape index (κ3) is 4.94. The van der Waals surface area contributed by atoms with Crippen LogP contribution in [0.1, 0.15) is 16.2 Å². The van der Waals surface area contributed by atoms with Crippen molar-refractivity contribution in [1.29, 1.82) is 0 Å². The molecular formula is C24H21N5O5S. The van der Waals surface area contributed by atoms with Crippen molar-refractivity contribution in [3.8, 4) is 22.9 Å². The van der Waals surface area contributed by atoms with Crippen molar-refractivity contribution in [2.24, 2.45) is 0 Å². The van der Waals surface area contributed by atoms with Gasteiger partial charge in [-0.2, -0.15) is 5.10 Å². The van der Waals surface area contributed by atoms with Crippen LogP contribution in [-0.4, -0.2) is 42.7 Å². The quantitative estimate of drug-likeness (QED) is 0.375. The zero-order chi connectivity index (χ0) is 24.4. The number of aromatic nitrogens is 3. The Morgan fingerprint density at radius 1 is 0.943 bits per heavy atom. The third-order valence-electron chi connectivity index (χ3n) is 5.18. The molecule has 0 saturated carbocycles. The molecule has 35 heavy (non-hydrogen) atoms. The van der Waals surface area contributed by atoms with Crippen LogP contribution in [0.3, 0.4) is 0 Å². The number of sulfonamides is 1. The average molecular weight is 492 g/mol. The molecule has 1 amide bonds. The minimum absolute atomic E-state index is 0.0237. The van der Waals surface area contributed by atoms with Gasteiger partial charge in [-0.05, 0) is 49.4 Å². The molecule has 178 valence electrons. The Hall–Kier alpha value is -4.38. The molecule has 1 aliphatic rings. The molecule has 0 unspecified atom stereocenters. The monoisotopic (exact) mass is 491 g/mol. The highest BCUT2D eigenvalue weighted by Gasteiger charge is 2.20. The number of ether oxygens (including phenoxy) is 2. The number of nitrogens with zero attached hydrogens (tertiary/aromatic N) is 2. The molecule has 0 atom stereocenters. The molecule has 11 heteroatoms. The van der Waals surface area contributed by atoms with Crippen LogP contribution >= 0.6 is 0 Å². The van der Waals surface area contributed by atoms with Gasteiger partial charge in [-0.1, -0.05) is 18.2 Å². The number of rotatable bonds is 6. The van der Waals surface area contributed by atoms with Gasteiger partial charge in [-0.15, -0.1) is 0 Å². The van der Waals surface area contributed by atoms with Crippen molar-refractivity contribution in [3.63, 3.8) is 0 Å². The number of hydrogen-bond acceptors (Lipinski definition) is 7. The summed E-state index contributed by atoms with van der Waals surface area (Å²) in [6.07, 6.45) is 0. The summed E-state index contributed by atoms with van der Waals surface area (Å²) in [6, 6.07) is 17.8. The van der Waals surface area contributed by atoms with E-state index in [0.717, 1.165) is 5.56 Å². The Balaban J connectivity index is 1.32. The van der Waals surface area contributed by atoms with Crippen molar-refractivity contribution in [3.05, 3.63) is 78.1 Å². The number of hydrogen-bond donors (Lipinski definition) is 3. The number of H-pyrrole nitrogens is 1. The van der Waals surface area contributed by atoms with Crippen LogP contribution in [0, 0.1) is 6.92 Å². The number of aryl methyl sites for hydroxylation is 1. The summed E-state index contributed by atoms with van der Waals surface area (Å²) in [7, 11) is -3.92. The second-order valence-corrected chi connectivity index (χ2v) is 9.45. The van der Waals surface area contributed by atoms with Gasteiger partial charge < -0.3 is 14.8 Å².